The molecule has 2 rings (SSSR count). The summed E-state index contributed by atoms with van der Waals surface area (Å²) in [7, 11) is 5.22. The number of nitrogens with zero attached hydrogens (tertiary/aromatic N) is 3. The molecule has 1 heterocycles. The van der Waals surface area contributed by atoms with Gasteiger partial charge in [0.2, 0.25) is 0 Å². The van der Waals surface area contributed by atoms with Gasteiger partial charge in [0.1, 0.15) is 17.3 Å². The highest BCUT2D eigenvalue weighted by atomic mass is 35.5. The molecule has 0 aliphatic rings. The molecule has 144 valence electrons. The molecular formula is C18H22ClN5O3. The fourth-order valence-electron chi connectivity index (χ4n) is 2.23. The number of hydrogen-bond acceptors (Lipinski definition) is 7. The molecule has 0 aliphatic heterocycles. The van der Waals surface area contributed by atoms with Gasteiger partial charge in [0.15, 0.2) is 0 Å². The Balaban J connectivity index is 2.18. The molecule has 0 radical (unpaired) electrons. The van der Waals surface area contributed by atoms with Crippen LogP contribution < -0.4 is 10.6 Å². The van der Waals surface area contributed by atoms with Crippen molar-refractivity contribution < 1.29 is 14.3 Å². The third-order valence-electron chi connectivity index (χ3n) is 3.57. The van der Waals surface area contributed by atoms with Crippen LogP contribution in [0.4, 0.5) is 11.5 Å². The minimum atomic E-state index is -0.521. The number of likely N-dealkylation sites (N-methyl/N-ethyl adjacent to an activating group) is 1. The monoisotopic (exact) mass is 391 g/mol. The van der Waals surface area contributed by atoms with Gasteiger partial charge in [0.25, 0.3) is 5.91 Å². The molecule has 2 N–H and O–H groups in total. The molecular weight excluding hydrogens is 370 g/mol. The first kappa shape index (κ1) is 20.6. The molecule has 1 aromatic heterocycles. The van der Waals surface area contributed by atoms with E-state index in [1.54, 1.807) is 13.0 Å². The number of amides is 1. The Morgan fingerprint density at radius 1 is 1.22 bits per heavy atom. The molecule has 0 saturated carbocycles. The van der Waals surface area contributed by atoms with Crippen molar-refractivity contribution in [1.29, 1.82) is 0 Å². The number of benzene rings is 1. The van der Waals surface area contributed by atoms with E-state index in [1.807, 2.05) is 19.0 Å². The summed E-state index contributed by atoms with van der Waals surface area (Å²) < 4.78 is 4.68. The summed E-state index contributed by atoms with van der Waals surface area (Å²) in [6.07, 6.45) is 0. The van der Waals surface area contributed by atoms with Gasteiger partial charge in [-0.1, -0.05) is 11.6 Å². The van der Waals surface area contributed by atoms with E-state index < -0.39 is 11.9 Å². The van der Waals surface area contributed by atoms with E-state index in [0.29, 0.717) is 28.9 Å². The molecule has 9 heteroatoms. The largest absolute Gasteiger partial charge is 0.465 e. The van der Waals surface area contributed by atoms with E-state index >= 15 is 0 Å². The smallest absolute Gasteiger partial charge is 0.337 e. The first-order valence-electron chi connectivity index (χ1n) is 8.23. The van der Waals surface area contributed by atoms with Crippen LogP contribution in [0.1, 0.15) is 26.7 Å². The highest BCUT2D eigenvalue weighted by molar-refractivity contribution is 6.34. The van der Waals surface area contributed by atoms with Crippen molar-refractivity contribution in [3.8, 4) is 0 Å². The van der Waals surface area contributed by atoms with Gasteiger partial charge in [0, 0.05) is 19.2 Å². The fourth-order valence-corrected chi connectivity index (χ4v) is 2.40. The van der Waals surface area contributed by atoms with Gasteiger partial charge in [-0.25, -0.2) is 14.8 Å². The summed E-state index contributed by atoms with van der Waals surface area (Å²) in [4.78, 5) is 34.7. The number of aryl methyl sites for hydroxylation is 1. The molecule has 8 nitrogen and oxygen atoms in total. The lowest BCUT2D eigenvalue weighted by Gasteiger charge is -2.12. The predicted molar refractivity (Wildman–Crippen MR) is 105 cm³/mol. The molecule has 27 heavy (non-hydrogen) atoms. The number of carbonyl (C=O) groups is 2. The Hall–Kier alpha value is -2.71. The number of methoxy groups -OCH3 is 1. The average Bonchev–Trinajstić information content (AvgIpc) is 2.62. The number of esters is 1. The maximum Gasteiger partial charge on any atom is 0.337 e. The second-order valence-corrected chi connectivity index (χ2v) is 6.46. The van der Waals surface area contributed by atoms with Gasteiger partial charge in [-0.05, 0) is 39.2 Å². The predicted octanol–water partition coefficient (Wildman–Crippen LogP) is 2.45. The van der Waals surface area contributed by atoms with Crippen LogP contribution >= 0.6 is 11.6 Å². The number of rotatable bonds is 7. The number of halogens is 1. The lowest BCUT2D eigenvalue weighted by atomic mass is 10.2. The van der Waals surface area contributed by atoms with E-state index in [-0.39, 0.29) is 11.3 Å². The lowest BCUT2D eigenvalue weighted by molar-refractivity contribution is 0.0600. The van der Waals surface area contributed by atoms with Crippen molar-refractivity contribution in [2.45, 2.75) is 6.92 Å². The minimum Gasteiger partial charge on any atom is -0.465 e. The molecule has 0 saturated heterocycles. The number of aromatic nitrogens is 2. The molecule has 0 bridgehead atoms. The second kappa shape index (κ2) is 9.29. The van der Waals surface area contributed by atoms with Crippen LogP contribution in [0.2, 0.25) is 5.02 Å². The zero-order valence-electron chi connectivity index (χ0n) is 15.7. The Bertz CT molecular complexity index is 842. The summed E-state index contributed by atoms with van der Waals surface area (Å²) in [6.45, 7) is 3.21. The molecule has 1 amide bonds. The highest BCUT2D eigenvalue weighted by Gasteiger charge is 2.15. The van der Waals surface area contributed by atoms with Crippen LogP contribution in [0.5, 0.6) is 0 Å². The molecule has 1 aromatic carbocycles. The van der Waals surface area contributed by atoms with E-state index in [2.05, 4.69) is 25.3 Å². The topological polar surface area (TPSA) is 96.4 Å². The first-order chi connectivity index (χ1) is 12.8. The minimum absolute atomic E-state index is 0.189. The van der Waals surface area contributed by atoms with E-state index in [9.17, 15) is 9.59 Å². The van der Waals surface area contributed by atoms with Gasteiger partial charge in [-0.2, -0.15) is 0 Å². The summed E-state index contributed by atoms with van der Waals surface area (Å²) >= 11 is 6.12. The van der Waals surface area contributed by atoms with Crippen LogP contribution in [0.15, 0.2) is 24.3 Å². The Morgan fingerprint density at radius 3 is 2.63 bits per heavy atom. The molecule has 0 atom stereocenters. The van der Waals surface area contributed by atoms with Crippen LogP contribution in [-0.2, 0) is 4.74 Å². The number of nitrogens with one attached hydrogen (secondary N) is 2. The van der Waals surface area contributed by atoms with E-state index in [0.717, 1.165) is 6.54 Å². The van der Waals surface area contributed by atoms with Gasteiger partial charge in [0.05, 0.1) is 23.4 Å². The summed E-state index contributed by atoms with van der Waals surface area (Å²) in [5.74, 6) is 0.0424. The van der Waals surface area contributed by atoms with Gasteiger partial charge in [-0.3, -0.25) is 4.79 Å². The summed E-state index contributed by atoms with van der Waals surface area (Å²) in [5.41, 5.74) is 0.763. The fraction of sp³-hybridized carbons (Fsp3) is 0.333. The SMILES string of the molecule is COC(=O)c1ccc(Cl)c(NC(=O)c2cc(NCCN(C)C)nc(C)n2)c1. The van der Waals surface area contributed by atoms with Crippen LogP contribution in [0.25, 0.3) is 0 Å². The van der Waals surface area contributed by atoms with Crippen molar-refractivity contribution in [2.24, 2.45) is 0 Å². The number of carbonyl (C=O) groups excluding carboxylic acids is 2. The first-order valence-corrected chi connectivity index (χ1v) is 8.61. The van der Waals surface area contributed by atoms with E-state index in [4.69, 9.17) is 11.6 Å². The molecule has 2 aromatic rings. The Morgan fingerprint density at radius 2 is 1.96 bits per heavy atom. The second-order valence-electron chi connectivity index (χ2n) is 6.06. The van der Waals surface area contributed by atoms with E-state index in [1.165, 1.54) is 25.3 Å². The molecule has 0 spiro atoms. The van der Waals surface area contributed by atoms with Crippen molar-refractivity contribution >= 4 is 35.0 Å². The van der Waals surface area contributed by atoms with Gasteiger partial charge >= 0.3 is 5.97 Å². The molecule has 0 aliphatic carbocycles. The van der Waals surface area contributed by atoms with Gasteiger partial charge in [-0.15, -0.1) is 0 Å². The van der Waals surface area contributed by atoms with Crippen molar-refractivity contribution in [2.75, 3.05) is 44.9 Å². The summed E-state index contributed by atoms with van der Waals surface area (Å²) in [6, 6.07) is 6.06. The third-order valence-corrected chi connectivity index (χ3v) is 3.90. The maximum atomic E-state index is 12.6. The number of anilines is 2. The van der Waals surface area contributed by atoms with Gasteiger partial charge < -0.3 is 20.3 Å². The third kappa shape index (κ3) is 5.90. The Kier molecular flexibility index (Phi) is 7.09. The van der Waals surface area contributed by atoms with Crippen molar-refractivity contribution in [3.05, 3.63) is 46.4 Å². The van der Waals surface area contributed by atoms with Crippen molar-refractivity contribution in [3.63, 3.8) is 0 Å². The quantitative estimate of drug-likeness (QED) is 0.699. The number of ether oxygens (including phenoxy) is 1. The molecule has 0 fully saturated rings. The lowest BCUT2D eigenvalue weighted by Crippen LogP contribution is -2.22. The van der Waals surface area contributed by atoms with Crippen LogP contribution in [0.3, 0.4) is 0 Å². The normalized spacial score (nSPS) is 10.6. The Labute approximate surface area is 162 Å². The zero-order chi connectivity index (χ0) is 20.0. The highest BCUT2D eigenvalue weighted by Crippen LogP contribution is 2.24. The van der Waals surface area contributed by atoms with Crippen molar-refractivity contribution in [1.82, 2.24) is 14.9 Å². The van der Waals surface area contributed by atoms with Crippen LogP contribution in [0, 0.1) is 6.92 Å². The standard InChI is InChI=1S/C18H22ClN5O3/c1-11-21-15(10-16(22-11)20-7-8-24(2)3)17(25)23-14-9-12(18(26)27-4)5-6-13(14)19/h5-6,9-10H,7-8H2,1-4H3,(H,23,25)(H,20,21,22). The van der Waals surface area contributed by atoms with Crippen LogP contribution in [-0.4, -0.2) is 61.0 Å². The zero-order valence-corrected chi connectivity index (χ0v) is 16.4. The summed E-state index contributed by atoms with van der Waals surface area (Å²) in [5, 5.41) is 6.13. The number of hydrogen-bond donors (Lipinski definition) is 2. The maximum absolute atomic E-state index is 12.6. The average molecular weight is 392 g/mol. The molecule has 0 unspecified atom stereocenters.